The van der Waals surface area contributed by atoms with E-state index in [9.17, 15) is 0 Å². The van der Waals surface area contributed by atoms with E-state index in [1.807, 2.05) is 18.2 Å². The normalized spacial score (nSPS) is 24.0. The maximum atomic E-state index is 6.44. The summed E-state index contributed by atoms with van der Waals surface area (Å²) in [6.07, 6.45) is 10.3. The summed E-state index contributed by atoms with van der Waals surface area (Å²) in [7, 11) is 0. The fourth-order valence-electron chi connectivity index (χ4n) is 3.50. The van der Waals surface area contributed by atoms with Crippen molar-refractivity contribution in [2.75, 3.05) is 0 Å². The van der Waals surface area contributed by atoms with Crippen molar-refractivity contribution < 1.29 is 0 Å². The number of rotatable bonds is 6. The van der Waals surface area contributed by atoms with Gasteiger partial charge < -0.3 is 5.73 Å². The Balaban J connectivity index is 1.81. The largest absolute Gasteiger partial charge is 0.327 e. The van der Waals surface area contributed by atoms with E-state index in [4.69, 9.17) is 28.9 Å². The molecule has 3 heteroatoms. The minimum Gasteiger partial charge on any atom is -0.327 e. The molecular formula is C18H27Cl2N. The van der Waals surface area contributed by atoms with E-state index >= 15 is 0 Å². The third-order valence-corrected chi connectivity index (χ3v) is 5.66. The number of unbranched alkanes of at least 4 members (excludes halogenated alkanes) is 1. The van der Waals surface area contributed by atoms with Crippen LogP contribution in [0.1, 0.15) is 57.4 Å². The first-order chi connectivity index (χ1) is 10.1. The first-order valence-corrected chi connectivity index (χ1v) is 9.05. The average Bonchev–Trinajstić information content (AvgIpc) is 2.49. The van der Waals surface area contributed by atoms with Crippen molar-refractivity contribution in [3.63, 3.8) is 0 Å². The molecule has 1 nitrogen and oxygen atoms in total. The molecule has 1 aliphatic carbocycles. The fourth-order valence-corrected chi connectivity index (χ4v) is 3.82. The summed E-state index contributed by atoms with van der Waals surface area (Å²) in [6, 6.07) is 6.11. The lowest BCUT2D eigenvalue weighted by Gasteiger charge is -2.32. The topological polar surface area (TPSA) is 26.0 Å². The molecule has 118 valence electrons. The maximum absolute atomic E-state index is 6.44. The van der Waals surface area contributed by atoms with Gasteiger partial charge in [0.05, 0.1) is 10.0 Å². The van der Waals surface area contributed by atoms with E-state index in [0.29, 0.717) is 16.0 Å². The molecule has 1 fully saturated rings. The van der Waals surface area contributed by atoms with Gasteiger partial charge in [0.1, 0.15) is 0 Å². The molecule has 0 spiro atoms. The van der Waals surface area contributed by atoms with Gasteiger partial charge in [0, 0.05) is 6.04 Å². The van der Waals surface area contributed by atoms with E-state index in [1.165, 1.54) is 50.5 Å². The van der Waals surface area contributed by atoms with Gasteiger partial charge in [-0.2, -0.15) is 0 Å². The summed E-state index contributed by atoms with van der Waals surface area (Å²) in [6.45, 7) is 2.28. The van der Waals surface area contributed by atoms with Gasteiger partial charge in [-0.15, -0.1) is 0 Å². The van der Waals surface area contributed by atoms with Crippen molar-refractivity contribution in [3.05, 3.63) is 33.8 Å². The van der Waals surface area contributed by atoms with Crippen molar-refractivity contribution in [2.24, 2.45) is 17.6 Å². The number of nitrogens with two attached hydrogens (primary N) is 1. The molecule has 1 saturated carbocycles. The Bertz CT molecular complexity index is 439. The van der Waals surface area contributed by atoms with Gasteiger partial charge in [-0.1, -0.05) is 68.3 Å². The van der Waals surface area contributed by atoms with Crippen molar-refractivity contribution in [3.8, 4) is 0 Å². The Morgan fingerprint density at radius 2 is 1.86 bits per heavy atom. The van der Waals surface area contributed by atoms with E-state index in [2.05, 4.69) is 6.92 Å². The zero-order valence-electron chi connectivity index (χ0n) is 13.0. The van der Waals surface area contributed by atoms with Crippen LogP contribution in [0.2, 0.25) is 10.0 Å². The van der Waals surface area contributed by atoms with Gasteiger partial charge in [-0.3, -0.25) is 0 Å². The molecule has 0 aromatic heterocycles. The Morgan fingerprint density at radius 3 is 2.48 bits per heavy atom. The molecule has 2 N–H and O–H groups in total. The first kappa shape index (κ1) is 17.1. The van der Waals surface area contributed by atoms with Crippen LogP contribution in [0.4, 0.5) is 0 Å². The second kappa shape index (κ2) is 8.41. The Labute approximate surface area is 139 Å². The highest BCUT2D eigenvalue weighted by atomic mass is 35.5. The van der Waals surface area contributed by atoms with Crippen LogP contribution in [0.25, 0.3) is 0 Å². The quantitative estimate of drug-likeness (QED) is 0.695. The standard InChI is InChI=1S/C18H27Cl2N/c1-2-3-4-13-5-8-15(9-6-13)18(21)12-14-7-10-16(19)17(20)11-14/h7,10-11,13,15,18H,2-6,8-9,12,21H2,1H3. The molecule has 1 unspecified atom stereocenters. The third kappa shape index (κ3) is 5.16. The van der Waals surface area contributed by atoms with Crippen molar-refractivity contribution >= 4 is 23.2 Å². The molecule has 0 aliphatic heterocycles. The molecule has 1 aromatic carbocycles. The van der Waals surface area contributed by atoms with Gasteiger partial charge in [0.15, 0.2) is 0 Å². The lowest BCUT2D eigenvalue weighted by Crippen LogP contribution is -2.35. The smallest absolute Gasteiger partial charge is 0.0595 e. The van der Waals surface area contributed by atoms with E-state index < -0.39 is 0 Å². The second-order valence-electron chi connectivity index (χ2n) is 6.54. The van der Waals surface area contributed by atoms with Crippen LogP contribution >= 0.6 is 23.2 Å². The molecule has 1 aromatic rings. The summed E-state index contributed by atoms with van der Waals surface area (Å²) in [4.78, 5) is 0. The second-order valence-corrected chi connectivity index (χ2v) is 7.35. The summed E-state index contributed by atoms with van der Waals surface area (Å²) >= 11 is 12.0. The Morgan fingerprint density at radius 1 is 1.14 bits per heavy atom. The Kier molecular flexibility index (Phi) is 6.85. The lowest BCUT2D eigenvalue weighted by molar-refractivity contribution is 0.231. The average molecular weight is 328 g/mol. The Hall–Kier alpha value is -0.240. The fraction of sp³-hybridized carbons (Fsp3) is 0.667. The predicted molar refractivity (Wildman–Crippen MR) is 93.1 cm³/mol. The monoisotopic (exact) mass is 327 g/mol. The number of hydrogen-bond donors (Lipinski definition) is 1. The lowest BCUT2D eigenvalue weighted by atomic mass is 9.76. The van der Waals surface area contributed by atoms with Crippen LogP contribution in [-0.4, -0.2) is 6.04 Å². The number of halogens is 2. The highest BCUT2D eigenvalue weighted by Crippen LogP contribution is 2.34. The molecule has 1 aliphatic rings. The minimum absolute atomic E-state index is 0.245. The van der Waals surface area contributed by atoms with Gasteiger partial charge in [0.2, 0.25) is 0 Å². The molecule has 1 atom stereocenters. The van der Waals surface area contributed by atoms with E-state index in [-0.39, 0.29) is 6.04 Å². The number of hydrogen-bond acceptors (Lipinski definition) is 1. The zero-order valence-corrected chi connectivity index (χ0v) is 14.5. The van der Waals surface area contributed by atoms with Gasteiger partial charge >= 0.3 is 0 Å². The van der Waals surface area contributed by atoms with Gasteiger partial charge in [-0.25, -0.2) is 0 Å². The van der Waals surface area contributed by atoms with Crippen LogP contribution in [-0.2, 0) is 6.42 Å². The number of benzene rings is 1. The highest BCUT2D eigenvalue weighted by Gasteiger charge is 2.25. The molecule has 0 heterocycles. The molecular weight excluding hydrogens is 301 g/mol. The van der Waals surface area contributed by atoms with Crippen LogP contribution in [0.3, 0.4) is 0 Å². The summed E-state index contributed by atoms with van der Waals surface area (Å²) < 4.78 is 0. The first-order valence-electron chi connectivity index (χ1n) is 8.29. The van der Waals surface area contributed by atoms with Crippen LogP contribution < -0.4 is 5.73 Å². The predicted octanol–water partition coefficient (Wildman–Crippen LogP) is 5.86. The maximum Gasteiger partial charge on any atom is 0.0595 e. The van der Waals surface area contributed by atoms with Crippen LogP contribution in [0, 0.1) is 11.8 Å². The molecule has 0 radical (unpaired) electrons. The third-order valence-electron chi connectivity index (χ3n) is 4.92. The summed E-state index contributed by atoms with van der Waals surface area (Å²) in [5.41, 5.74) is 7.64. The van der Waals surface area contributed by atoms with Crippen molar-refractivity contribution in [1.82, 2.24) is 0 Å². The summed E-state index contributed by atoms with van der Waals surface area (Å²) in [5, 5.41) is 1.25. The SMILES string of the molecule is CCCCC1CCC(C(N)Cc2ccc(Cl)c(Cl)c2)CC1. The zero-order chi connectivity index (χ0) is 15.2. The molecule has 2 rings (SSSR count). The van der Waals surface area contributed by atoms with Gasteiger partial charge in [-0.05, 0) is 48.8 Å². The van der Waals surface area contributed by atoms with Crippen molar-refractivity contribution in [2.45, 2.75) is 64.3 Å². The van der Waals surface area contributed by atoms with Gasteiger partial charge in [0.25, 0.3) is 0 Å². The minimum atomic E-state index is 0.245. The van der Waals surface area contributed by atoms with E-state index in [1.54, 1.807) is 0 Å². The molecule has 0 saturated heterocycles. The van der Waals surface area contributed by atoms with Crippen LogP contribution in [0.5, 0.6) is 0 Å². The van der Waals surface area contributed by atoms with Crippen LogP contribution in [0.15, 0.2) is 18.2 Å². The molecule has 21 heavy (non-hydrogen) atoms. The summed E-state index contributed by atoms with van der Waals surface area (Å²) in [5.74, 6) is 1.61. The highest BCUT2D eigenvalue weighted by molar-refractivity contribution is 6.42. The van der Waals surface area contributed by atoms with Crippen molar-refractivity contribution in [1.29, 1.82) is 0 Å². The molecule has 0 bridgehead atoms. The molecule has 0 amide bonds. The van der Waals surface area contributed by atoms with E-state index in [0.717, 1.165) is 12.3 Å².